The van der Waals surface area contributed by atoms with Crippen LogP contribution < -0.4 is 4.74 Å². The Morgan fingerprint density at radius 3 is 2.71 bits per heavy atom. The number of hydrogen-bond acceptors (Lipinski definition) is 7. The Labute approximate surface area is 182 Å². The lowest BCUT2D eigenvalue weighted by Gasteiger charge is -2.29. The smallest absolute Gasteiger partial charge is 0.335 e. The Balaban J connectivity index is 1.57. The number of ether oxygens (including phenoxy) is 4. The minimum absolute atomic E-state index is 0.0336. The van der Waals surface area contributed by atoms with Crippen LogP contribution in [0.1, 0.15) is 44.1 Å². The third-order valence-electron chi connectivity index (χ3n) is 5.49. The minimum atomic E-state index is -1.02. The number of aryl methyl sites for hydroxylation is 1. The highest BCUT2D eigenvalue weighted by Gasteiger charge is 2.26. The third kappa shape index (κ3) is 6.29. The summed E-state index contributed by atoms with van der Waals surface area (Å²) < 4.78 is 28.1. The Kier molecular flexibility index (Phi) is 8.45. The predicted molar refractivity (Wildman–Crippen MR) is 113 cm³/mol. The van der Waals surface area contributed by atoms with E-state index in [1.807, 2.05) is 31.2 Å². The number of hydrogen-bond donors (Lipinski definition) is 1. The van der Waals surface area contributed by atoms with Crippen molar-refractivity contribution in [2.75, 3.05) is 20.8 Å². The van der Waals surface area contributed by atoms with Crippen molar-refractivity contribution in [1.82, 2.24) is 4.98 Å². The molecule has 3 atom stereocenters. The summed E-state index contributed by atoms with van der Waals surface area (Å²) in [5.41, 5.74) is 1.66. The molecular weight excluding hydrogens is 402 g/mol. The van der Waals surface area contributed by atoms with Crippen LogP contribution in [0, 0.1) is 0 Å². The number of carboxylic acid groups (broad SMARTS) is 1. The van der Waals surface area contributed by atoms with E-state index < -0.39 is 12.1 Å². The molecule has 3 rings (SSSR count). The summed E-state index contributed by atoms with van der Waals surface area (Å²) in [5, 5.41) is 9.08. The molecule has 0 radical (unpaired) electrons. The van der Waals surface area contributed by atoms with Gasteiger partial charge in [0.25, 0.3) is 0 Å². The van der Waals surface area contributed by atoms with Crippen molar-refractivity contribution in [2.45, 2.75) is 63.9 Å². The largest absolute Gasteiger partial charge is 0.497 e. The summed E-state index contributed by atoms with van der Waals surface area (Å²) in [6.07, 6.45) is 3.29. The monoisotopic (exact) mass is 433 g/mol. The Morgan fingerprint density at radius 2 is 2.03 bits per heavy atom. The fourth-order valence-electron chi connectivity index (χ4n) is 3.72. The predicted octanol–water partition coefficient (Wildman–Crippen LogP) is 3.86. The van der Waals surface area contributed by atoms with Gasteiger partial charge in [-0.15, -0.1) is 0 Å². The lowest BCUT2D eigenvalue weighted by molar-refractivity contribution is -0.155. The first-order valence-corrected chi connectivity index (χ1v) is 10.7. The first kappa shape index (κ1) is 23.2. The molecule has 1 fully saturated rings. The van der Waals surface area contributed by atoms with Gasteiger partial charge >= 0.3 is 5.97 Å². The molecule has 1 heterocycles. The summed E-state index contributed by atoms with van der Waals surface area (Å²) in [6.45, 7) is 2.43. The number of carboxylic acids is 1. The molecule has 1 aromatic heterocycles. The maximum Gasteiger partial charge on any atom is 0.335 e. The summed E-state index contributed by atoms with van der Waals surface area (Å²) >= 11 is 0. The van der Waals surface area contributed by atoms with E-state index in [1.165, 1.54) is 7.11 Å². The highest BCUT2D eigenvalue weighted by atomic mass is 16.5. The van der Waals surface area contributed by atoms with Crippen LogP contribution in [0.4, 0.5) is 0 Å². The van der Waals surface area contributed by atoms with Crippen molar-refractivity contribution >= 4 is 5.97 Å². The number of benzene rings is 1. The second-order valence-corrected chi connectivity index (χ2v) is 7.59. The zero-order chi connectivity index (χ0) is 22.2. The van der Waals surface area contributed by atoms with Gasteiger partial charge in [0, 0.05) is 19.1 Å². The van der Waals surface area contributed by atoms with Gasteiger partial charge in [-0.05, 0) is 43.9 Å². The minimum Gasteiger partial charge on any atom is -0.497 e. The van der Waals surface area contributed by atoms with Crippen LogP contribution in [-0.4, -0.2) is 55.2 Å². The number of aliphatic carboxylic acids is 1. The van der Waals surface area contributed by atoms with E-state index in [4.69, 9.17) is 28.5 Å². The second-order valence-electron chi connectivity index (χ2n) is 7.59. The Morgan fingerprint density at radius 1 is 1.26 bits per heavy atom. The molecule has 8 heteroatoms. The highest BCUT2D eigenvalue weighted by molar-refractivity contribution is 5.72. The van der Waals surface area contributed by atoms with Gasteiger partial charge < -0.3 is 28.5 Å². The zero-order valence-corrected chi connectivity index (χ0v) is 18.3. The summed E-state index contributed by atoms with van der Waals surface area (Å²) in [5.74, 6) is 1.10. The van der Waals surface area contributed by atoms with Crippen LogP contribution in [0.5, 0.6) is 5.75 Å². The summed E-state index contributed by atoms with van der Waals surface area (Å²) in [7, 11) is 3.00. The Bertz CT molecular complexity index is 850. The molecule has 1 aromatic carbocycles. The molecular formula is C23H31NO7. The normalized spacial score (nSPS) is 19.8. The standard InChI is InChI=1S/C23H31NO7/c1-4-20-19(24-22(31-20)15-7-5-8-16(11-15)27-2)13-29-17-9-6-10-18(12-17)30-14-21(28-3)23(25)26/h5,7-8,11,17-18,21H,4,6,9-10,12-14H2,1-3H3,(H,25,26). The fraction of sp³-hybridized carbons (Fsp3) is 0.565. The average molecular weight is 434 g/mol. The van der Waals surface area contributed by atoms with Crippen LogP contribution >= 0.6 is 0 Å². The maximum atomic E-state index is 11.1. The van der Waals surface area contributed by atoms with Gasteiger partial charge in [-0.2, -0.15) is 0 Å². The van der Waals surface area contributed by atoms with Gasteiger partial charge in [-0.3, -0.25) is 0 Å². The van der Waals surface area contributed by atoms with Crippen molar-refractivity contribution < 1.29 is 33.3 Å². The van der Waals surface area contributed by atoms with Crippen molar-refractivity contribution in [1.29, 1.82) is 0 Å². The van der Waals surface area contributed by atoms with E-state index in [9.17, 15) is 4.79 Å². The summed E-state index contributed by atoms with van der Waals surface area (Å²) in [4.78, 5) is 15.7. The molecule has 2 aromatic rings. The topological polar surface area (TPSA) is 100 Å². The quantitative estimate of drug-likeness (QED) is 0.570. The first-order chi connectivity index (χ1) is 15.0. The first-order valence-electron chi connectivity index (χ1n) is 10.7. The molecule has 0 amide bonds. The van der Waals surface area contributed by atoms with E-state index in [1.54, 1.807) is 7.11 Å². The molecule has 31 heavy (non-hydrogen) atoms. The zero-order valence-electron chi connectivity index (χ0n) is 18.3. The molecule has 0 aliphatic heterocycles. The van der Waals surface area contributed by atoms with Gasteiger partial charge in [0.2, 0.25) is 5.89 Å². The average Bonchev–Trinajstić information content (AvgIpc) is 3.21. The lowest BCUT2D eigenvalue weighted by Crippen LogP contribution is -2.34. The van der Waals surface area contributed by atoms with Crippen LogP contribution in [0.2, 0.25) is 0 Å². The van der Waals surface area contributed by atoms with Crippen LogP contribution in [0.15, 0.2) is 28.7 Å². The van der Waals surface area contributed by atoms with E-state index in [0.29, 0.717) is 12.5 Å². The second kappa shape index (κ2) is 11.3. The van der Waals surface area contributed by atoms with Crippen molar-refractivity contribution in [3.05, 3.63) is 35.7 Å². The fourth-order valence-corrected chi connectivity index (χ4v) is 3.72. The van der Waals surface area contributed by atoms with Crippen LogP contribution in [-0.2, 0) is 32.0 Å². The van der Waals surface area contributed by atoms with Gasteiger partial charge in [0.15, 0.2) is 6.10 Å². The molecule has 1 aliphatic rings. The number of aromatic nitrogens is 1. The van der Waals surface area contributed by atoms with Crippen molar-refractivity contribution in [2.24, 2.45) is 0 Å². The molecule has 0 spiro atoms. The van der Waals surface area contributed by atoms with E-state index in [2.05, 4.69) is 4.98 Å². The third-order valence-corrected chi connectivity index (χ3v) is 5.49. The molecule has 1 aliphatic carbocycles. The number of oxazole rings is 1. The Hall–Kier alpha value is -2.42. The number of nitrogens with zero attached hydrogens (tertiary/aromatic N) is 1. The lowest BCUT2D eigenvalue weighted by atomic mass is 9.95. The molecule has 170 valence electrons. The van der Waals surface area contributed by atoms with E-state index >= 15 is 0 Å². The molecule has 0 bridgehead atoms. The maximum absolute atomic E-state index is 11.1. The molecule has 1 saturated carbocycles. The van der Waals surface area contributed by atoms with E-state index in [-0.39, 0.29) is 18.8 Å². The molecule has 3 unspecified atom stereocenters. The molecule has 8 nitrogen and oxygen atoms in total. The van der Waals surface area contributed by atoms with Gasteiger partial charge in [0.05, 0.1) is 32.5 Å². The van der Waals surface area contributed by atoms with Crippen molar-refractivity contribution in [3.8, 4) is 17.2 Å². The summed E-state index contributed by atoms with van der Waals surface area (Å²) in [6, 6.07) is 7.61. The molecule has 1 N–H and O–H groups in total. The number of methoxy groups -OCH3 is 2. The highest BCUT2D eigenvalue weighted by Crippen LogP contribution is 2.28. The van der Waals surface area contributed by atoms with Crippen LogP contribution in [0.3, 0.4) is 0 Å². The van der Waals surface area contributed by atoms with Crippen LogP contribution in [0.25, 0.3) is 11.5 Å². The molecule has 0 saturated heterocycles. The van der Waals surface area contributed by atoms with Gasteiger partial charge in [-0.1, -0.05) is 13.0 Å². The van der Waals surface area contributed by atoms with Crippen molar-refractivity contribution in [3.63, 3.8) is 0 Å². The number of carbonyl (C=O) groups is 1. The SMILES string of the molecule is CCc1oc(-c2cccc(OC)c2)nc1COC1CCCC(OCC(OC)C(=O)O)C1. The van der Waals surface area contributed by atoms with E-state index in [0.717, 1.165) is 54.9 Å². The number of rotatable bonds is 11. The van der Waals surface area contributed by atoms with Gasteiger partial charge in [0.1, 0.15) is 17.2 Å². The van der Waals surface area contributed by atoms with Gasteiger partial charge in [-0.25, -0.2) is 9.78 Å².